The summed E-state index contributed by atoms with van der Waals surface area (Å²) in [5.41, 5.74) is 4.14. The normalized spacial score (nSPS) is 10.8. The van der Waals surface area contributed by atoms with Crippen LogP contribution in [0, 0.1) is 13.8 Å². The van der Waals surface area contributed by atoms with Crippen molar-refractivity contribution >= 4 is 16.7 Å². The zero-order valence-electron chi connectivity index (χ0n) is 12.5. The minimum atomic E-state index is 0.776. The molecule has 1 aromatic carbocycles. The van der Waals surface area contributed by atoms with Gasteiger partial charge in [0.25, 0.3) is 0 Å². The second-order valence-electron chi connectivity index (χ2n) is 5.03. The van der Waals surface area contributed by atoms with Crippen molar-refractivity contribution in [1.82, 2.24) is 15.0 Å². The number of hydrogen-bond donors (Lipinski definition) is 1. The van der Waals surface area contributed by atoms with E-state index in [1.807, 2.05) is 25.3 Å². The third-order valence-corrected chi connectivity index (χ3v) is 3.48. The topological polar surface area (TPSA) is 50.7 Å². The quantitative estimate of drug-likeness (QED) is 0.793. The molecule has 0 bridgehead atoms. The number of pyridine rings is 1. The molecule has 1 N–H and O–H groups in total. The molecule has 0 spiro atoms. The summed E-state index contributed by atoms with van der Waals surface area (Å²) in [5.74, 6) is 1.68. The molecule has 0 aliphatic rings. The predicted octanol–water partition coefficient (Wildman–Crippen LogP) is 3.74. The number of nitrogens with one attached hydrogen (secondary N) is 1. The Bertz CT molecular complexity index is 796. The number of rotatable bonds is 3. The van der Waals surface area contributed by atoms with E-state index in [2.05, 4.69) is 52.3 Å². The number of benzene rings is 1. The molecule has 21 heavy (non-hydrogen) atoms. The molecule has 106 valence electrons. The van der Waals surface area contributed by atoms with Crippen molar-refractivity contribution in [3.8, 4) is 11.3 Å². The van der Waals surface area contributed by atoms with Crippen molar-refractivity contribution in [2.24, 2.45) is 0 Å². The summed E-state index contributed by atoms with van der Waals surface area (Å²) >= 11 is 0. The second-order valence-corrected chi connectivity index (χ2v) is 5.03. The highest BCUT2D eigenvalue weighted by Crippen LogP contribution is 2.27. The maximum absolute atomic E-state index is 4.62. The molecule has 2 aromatic heterocycles. The third kappa shape index (κ3) is 2.57. The van der Waals surface area contributed by atoms with E-state index in [4.69, 9.17) is 0 Å². The molecule has 0 aliphatic carbocycles. The molecule has 0 unspecified atom stereocenters. The van der Waals surface area contributed by atoms with Gasteiger partial charge >= 0.3 is 0 Å². The van der Waals surface area contributed by atoms with Crippen LogP contribution < -0.4 is 5.32 Å². The van der Waals surface area contributed by atoms with E-state index in [1.165, 1.54) is 0 Å². The first-order valence-corrected chi connectivity index (χ1v) is 7.13. The fraction of sp³-hybridized carbons (Fsp3) is 0.235. The molecule has 0 radical (unpaired) electrons. The molecule has 0 fully saturated rings. The fourth-order valence-electron chi connectivity index (χ4n) is 2.47. The Labute approximate surface area is 124 Å². The fourth-order valence-corrected chi connectivity index (χ4v) is 2.47. The van der Waals surface area contributed by atoms with Crippen LogP contribution in [0.5, 0.6) is 0 Å². The maximum atomic E-state index is 4.62. The van der Waals surface area contributed by atoms with E-state index in [0.717, 1.165) is 45.9 Å². The van der Waals surface area contributed by atoms with Crippen LogP contribution in [0.3, 0.4) is 0 Å². The minimum absolute atomic E-state index is 0.776. The van der Waals surface area contributed by atoms with Gasteiger partial charge < -0.3 is 5.32 Å². The van der Waals surface area contributed by atoms with Gasteiger partial charge in [-0.05, 0) is 39.0 Å². The summed E-state index contributed by atoms with van der Waals surface area (Å²) in [4.78, 5) is 13.5. The Morgan fingerprint density at radius 2 is 1.95 bits per heavy atom. The Balaban J connectivity index is 2.17. The standard InChI is InChI=1S/C17H18N4/c1-4-18-17-11(2)16(20-12(3)21-17)14-7-8-15-13(10-14)6-5-9-19-15/h5-10H,4H2,1-3H3,(H,18,20,21). The molecule has 0 saturated heterocycles. The molecule has 3 aromatic rings. The van der Waals surface area contributed by atoms with E-state index >= 15 is 0 Å². The molecule has 4 heteroatoms. The van der Waals surface area contributed by atoms with Gasteiger partial charge in [-0.15, -0.1) is 0 Å². The Kier molecular flexibility index (Phi) is 3.52. The molecular weight excluding hydrogens is 260 g/mol. The van der Waals surface area contributed by atoms with Crippen LogP contribution >= 0.6 is 0 Å². The lowest BCUT2D eigenvalue weighted by atomic mass is 10.0. The van der Waals surface area contributed by atoms with Crippen LogP contribution in [0.15, 0.2) is 36.5 Å². The van der Waals surface area contributed by atoms with Gasteiger partial charge in [-0.3, -0.25) is 4.98 Å². The molecular formula is C17H18N4. The summed E-state index contributed by atoms with van der Waals surface area (Å²) < 4.78 is 0. The second kappa shape index (κ2) is 5.48. The summed E-state index contributed by atoms with van der Waals surface area (Å²) in [6, 6.07) is 10.3. The first-order valence-electron chi connectivity index (χ1n) is 7.13. The lowest BCUT2D eigenvalue weighted by Crippen LogP contribution is -2.06. The Hall–Kier alpha value is -2.49. The molecule has 0 amide bonds. The van der Waals surface area contributed by atoms with Crippen molar-refractivity contribution in [3.05, 3.63) is 47.9 Å². The number of aromatic nitrogens is 3. The van der Waals surface area contributed by atoms with E-state index in [0.29, 0.717) is 0 Å². The zero-order valence-corrected chi connectivity index (χ0v) is 12.5. The maximum Gasteiger partial charge on any atom is 0.133 e. The molecule has 3 rings (SSSR count). The van der Waals surface area contributed by atoms with Gasteiger partial charge in [0.2, 0.25) is 0 Å². The van der Waals surface area contributed by atoms with E-state index in [1.54, 1.807) is 0 Å². The van der Waals surface area contributed by atoms with Crippen LogP contribution in [0.1, 0.15) is 18.3 Å². The SMILES string of the molecule is CCNc1nc(C)nc(-c2ccc3ncccc3c2)c1C. The van der Waals surface area contributed by atoms with Gasteiger partial charge in [0, 0.05) is 29.3 Å². The monoisotopic (exact) mass is 278 g/mol. The smallest absolute Gasteiger partial charge is 0.133 e. The molecule has 4 nitrogen and oxygen atoms in total. The van der Waals surface area contributed by atoms with Crippen LogP contribution in [-0.4, -0.2) is 21.5 Å². The summed E-state index contributed by atoms with van der Waals surface area (Å²) in [6.45, 7) is 6.89. The van der Waals surface area contributed by atoms with E-state index in [-0.39, 0.29) is 0 Å². The first kappa shape index (κ1) is 13.5. The first-order chi connectivity index (χ1) is 10.2. The highest BCUT2D eigenvalue weighted by atomic mass is 15.0. The molecule has 0 aliphatic heterocycles. The third-order valence-electron chi connectivity index (χ3n) is 3.48. The van der Waals surface area contributed by atoms with Crippen molar-refractivity contribution in [3.63, 3.8) is 0 Å². The molecule has 0 saturated carbocycles. The minimum Gasteiger partial charge on any atom is -0.370 e. The number of fused-ring (bicyclic) bond motifs is 1. The average molecular weight is 278 g/mol. The van der Waals surface area contributed by atoms with Crippen LogP contribution in [0.2, 0.25) is 0 Å². The summed E-state index contributed by atoms with van der Waals surface area (Å²) in [6.07, 6.45) is 1.81. The van der Waals surface area contributed by atoms with E-state index in [9.17, 15) is 0 Å². The Morgan fingerprint density at radius 3 is 2.76 bits per heavy atom. The van der Waals surface area contributed by atoms with Crippen LogP contribution in [0.25, 0.3) is 22.2 Å². The van der Waals surface area contributed by atoms with Gasteiger partial charge in [0.05, 0.1) is 11.2 Å². The van der Waals surface area contributed by atoms with Gasteiger partial charge in [-0.25, -0.2) is 9.97 Å². The van der Waals surface area contributed by atoms with Gasteiger partial charge in [-0.2, -0.15) is 0 Å². The highest BCUT2D eigenvalue weighted by Gasteiger charge is 2.11. The van der Waals surface area contributed by atoms with E-state index < -0.39 is 0 Å². The van der Waals surface area contributed by atoms with Gasteiger partial charge in [0.1, 0.15) is 11.6 Å². The van der Waals surface area contributed by atoms with Crippen molar-refractivity contribution in [2.75, 3.05) is 11.9 Å². The van der Waals surface area contributed by atoms with Gasteiger partial charge in [0.15, 0.2) is 0 Å². The highest BCUT2D eigenvalue weighted by molar-refractivity contribution is 5.84. The lowest BCUT2D eigenvalue weighted by Gasteiger charge is -2.12. The molecule has 2 heterocycles. The van der Waals surface area contributed by atoms with Crippen LogP contribution in [0.4, 0.5) is 5.82 Å². The summed E-state index contributed by atoms with van der Waals surface area (Å²) in [7, 11) is 0. The van der Waals surface area contributed by atoms with Crippen molar-refractivity contribution < 1.29 is 0 Å². The number of aryl methyl sites for hydroxylation is 1. The summed E-state index contributed by atoms with van der Waals surface area (Å²) in [5, 5.41) is 4.42. The number of anilines is 1. The largest absolute Gasteiger partial charge is 0.370 e. The van der Waals surface area contributed by atoms with Crippen molar-refractivity contribution in [2.45, 2.75) is 20.8 Å². The average Bonchev–Trinajstić information content (AvgIpc) is 2.50. The molecule has 0 atom stereocenters. The number of nitrogens with zero attached hydrogens (tertiary/aromatic N) is 3. The lowest BCUT2D eigenvalue weighted by molar-refractivity contribution is 1.02. The predicted molar refractivity (Wildman–Crippen MR) is 86.4 cm³/mol. The Morgan fingerprint density at radius 1 is 1.10 bits per heavy atom. The number of hydrogen-bond acceptors (Lipinski definition) is 4. The zero-order chi connectivity index (χ0) is 14.8. The van der Waals surface area contributed by atoms with Gasteiger partial charge in [-0.1, -0.05) is 12.1 Å². The van der Waals surface area contributed by atoms with Crippen LogP contribution in [-0.2, 0) is 0 Å². The van der Waals surface area contributed by atoms with Crippen molar-refractivity contribution in [1.29, 1.82) is 0 Å².